The van der Waals surface area contributed by atoms with Crippen molar-refractivity contribution in [2.45, 2.75) is 10.9 Å². The van der Waals surface area contributed by atoms with E-state index < -0.39 is 0 Å². The van der Waals surface area contributed by atoms with Gasteiger partial charge < -0.3 is 0 Å². The van der Waals surface area contributed by atoms with Crippen molar-refractivity contribution in [1.29, 1.82) is 0 Å². The van der Waals surface area contributed by atoms with Crippen molar-refractivity contribution in [2.24, 2.45) is 0 Å². The third kappa shape index (κ3) is 4.02. The Labute approximate surface area is 165 Å². The van der Waals surface area contributed by atoms with Gasteiger partial charge in [-0.05, 0) is 0 Å². The molecule has 1 aliphatic rings. The second-order valence-electron chi connectivity index (χ2n) is 6.16. The van der Waals surface area contributed by atoms with Gasteiger partial charge in [0.15, 0.2) is 0 Å². The van der Waals surface area contributed by atoms with Crippen molar-refractivity contribution in [1.82, 2.24) is 0 Å². The van der Waals surface area contributed by atoms with Crippen LogP contribution in [0.5, 0.6) is 0 Å². The molecule has 1 aliphatic heterocycles. The van der Waals surface area contributed by atoms with E-state index in [2.05, 4.69) is 66.9 Å². The summed E-state index contributed by atoms with van der Waals surface area (Å²) in [6.07, 6.45) is 2.08. The minimum absolute atomic E-state index is 0.215. The zero-order valence-corrected chi connectivity index (χ0v) is 16.6. The van der Waals surface area contributed by atoms with E-state index in [1.54, 1.807) is 0 Å². The number of hydrogen-bond donors (Lipinski definition) is 0. The second-order valence-corrected chi connectivity index (χ2v) is 9.35. The number of rotatable bonds is 4. The summed E-state index contributed by atoms with van der Waals surface area (Å²) in [6, 6.07) is 29.4. The Bertz CT molecular complexity index is 881. The molecule has 1 fully saturated rings. The van der Waals surface area contributed by atoms with Gasteiger partial charge in [-0.25, -0.2) is 0 Å². The van der Waals surface area contributed by atoms with Gasteiger partial charge in [0, 0.05) is 0 Å². The second kappa shape index (κ2) is 8.09. The summed E-state index contributed by atoms with van der Waals surface area (Å²) < 4.78 is 3.43. The molecule has 3 aromatic carbocycles. The molecule has 0 aromatic heterocycles. The van der Waals surface area contributed by atoms with Gasteiger partial charge in [-0.3, -0.25) is 0 Å². The SMILES string of the molecule is Clc1ccc(/C=[N+]2\OC[C@@H]([Se]c3ccccc3)[C@@H]2c2ccccc2)cc1. The van der Waals surface area contributed by atoms with Crippen LogP contribution in [0.3, 0.4) is 0 Å². The van der Waals surface area contributed by atoms with Gasteiger partial charge in [0.2, 0.25) is 0 Å². The Balaban J connectivity index is 1.66. The van der Waals surface area contributed by atoms with Crippen LogP contribution >= 0.6 is 11.6 Å². The van der Waals surface area contributed by atoms with E-state index in [4.69, 9.17) is 16.4 Å². The van der Waals surface area contributed by atoms with E-state index in [1.165, 1.54) is 10.0 Å². The van der Waals surface area contributed by atoms with Gasteiger partial charge in [-0.1, -0.05) is 0 Å². The number of hydrogen-bond acceptors (Lipinski definition) is 1. The fourth-order valence-corrected chi connectivity index (χ4v) is 5.73. The molecule has 2 nitrogen and oxygen atoms in total. The molecule has 0 bridgehead atoms. The van der Waals surface area contributed by atoms with Gasteiger partial charge in [-0.2, -0.15) is 0 Å². The molecule has 3 aromatic rings. The molecular weight excluding hydrogens is 409 g/mol. The van der Waals surface area contributed by atoms with E-state index in [0.29, 0.717) is 19.8 Å². The first-order chi connectivity index (χ1) is 12.8. The summed E-state index contributed by atoms with van der Waals surface area (Å²) in [5.41, 5.74) is 2.38. The van der Waals surface area contributed by atoms with Gasteiger partial charge in [0.1, 0.15) is 0 Å². The van der Waals surface area contributed by atoms with Crippen molar-refractivity contribution in [3.63, 3.8) is 0 Å². The van der Waals surface area contributed by atoms with E-state index in [0.717, 1.165) is 17.2 Å². The number of nitrogens with zero attached hydrogens (tertiary/aromatic N) is 1. The molecule has 0 N–H and O–H groups in total. The van der Waals surface area contributed by atoms with E-state index in [1.807, 2.05) is 29.0 Å². The Kier molecular flexibility index (Phi) is 5.40. The Morgan fingerprint density at radius 2 is 1.54 bits per heavy atom. The van der Waals surface area contributed by atoms with Gasteiger partial charge >= 0.3 is 165 Å². The molecule has 2 atom stereocenters. The fraction of sp³-hybridized carbons (Fsp3) is 0.136. The third-order valence-corrected chi connectivity index (χ3v) is 7.19. The summed E-state index contributed by atoms with van der Waals surface area (Å²) in [5.74, 6) is 0. The van der Waals surface area contributed by atoms with Gasteiger partial charge in [0.25, 0.3) is 0 Å². The summed E-state index contributed by atoms with van der Waals surface area (Å²) in [5, 5.41) is 0.745. The molecule has 0 amide bonds. The van der Waals surface area contributed by atoms with Crippen LogP contribution < -0.4 is 4.46 Å². The summed E-state index contributed by atoms with van der Waals surface area (Å²) in [7, 11) is 0. The molecule has 0 spiro atoms. The average Bonchev–Trinajstić information content (AvgIpc) is 3.07. The van der Waals surface area contributed by atoms with E-state index in [9.17, 15) is 0 Å². The van der Waals surface area contributed by atoms with Crippen LogP contribution in [0.4, 0.5) is 0 Å². The van der Waals surface area contributed by atoms with Crippen LogP contribution in [-0.4, -0.2) is 32.5 Å². The summed E-state index contributed by atoms with van der Waals surface area (Å²) >= 11 is 6.35. The molecule has 4 rings (SSSR count). The quantitative estimate of drug-likeness (QED) is 0.447. The molecule has 0 unspecified atom stereocenters. The topological polar surface area (TPSA) is 12.2 Å². The maximum atomic E-state index is 6.10. The standard InChI is InChI=1S/C22H19ClNOSe/c23-19-13-11-17(12-14-19)15-24-22(18-7-3-1-4-8-18)21(16-25-24)26-20-9-5-2-6-10-20/h1-15,21-22H,16H2/q+1/b24-15-/t21-,22+/m1/s1. The summed E-state index contributed by atoms with van der Waals surface area (Å²) in [6.45, 7) is 0.735. The molecule has 26 heavy (non-hydrogen) atoms. The van der Waals surface area contributed by atoms with Crippen LogP contribution in [0.2, 0.25) is 9.84 Å². The van der Waals surface area contributed by atoms with Gasteiger partial charge in [-0.15, -0.1) is 0 Å². The number of halogens is 1. The van der Waals surface area contributed by atoms with Crippen LogP contribution in [-0.2, 0) is 4.84 Å². The predicted molar refractivity (Wildman–Crippen MR) is 108 cm³/mol. The Morgan fingerprint density at radius 1 is 0.885 bits per heavy atom. The zero-order valence-electron chi connectivity index (χ0n) is 14.2. The first-order valence-electron chi connectivity index (χ1n) is 8.58. The molecule has 0 saturated carbocycles. The Morgan fingerprint density at radius 3 is 2.23 bits per heavy atom. The summed E-state index contributed by atoms with van der Waals surface area (Å²) in [4.78, 5) is 6.55. The first kappa shape index (κ1) is 17.4. The average molecular weight is 428 g/mol. The van der Waals surface area contributed by atoms with Crippen molar-refractivity contribution >= 4 is 37.2 Å². The van der Waals surface area contributed by atoms with Crippen LogP contribution in [0, 0.1) is 0 Å². The van der Waals surface area contributed by atoms with Crippen LogP contribution in [0.25, 0.3) is 0 Å². The maximum absolute atomic E-state index is 6.10. The molecule has 130 valence electrons. The van der Waals surface area contributed by atoms with Crippen molar-refractivity contribution in [3.8, 4) is 0 Å². The van der Waals surface area contributed by atoms with Crippen molar-refractivity contribution in [3.05, 3.63) is 101 Å². The first-order valence-corrected chi connectivity index (χ1v) is 10.8. The van der Waals surface area contributed by atoms with Gasteiger partial charge in [0.05, 0.1) is 0 Å². The van der Waals surface area contributed by atoms with Crippen molar-refractivity contribution in [2.75, 3.05) is 6.61 Å². The molecule has 0 radical (unpaired) electrons. The van der Waals surface area contributed by atoms with Crippen molar-refractivity contribution < 1.29 is 9.58 Å². The molecular formula is C22H19ClNOSe+. The molecule has 1 saturated heterocycles. The normalized spacial score (nSPS) is 20.9. The third-order valence-electron chi connectivity index (χ3n) is 4.33. The molecule has 1 heterocycles. The van der Waals surface area contributed by atoms with Crippen LogP contribution in [0.15, 0.2) is 84.9 Å². The van der Waals surface area contributed by atoms with E-state index in [-0.39, 0.29) is 6.04 Å². The number of benzene rings is 3. The Hall–Kier alpha value is -2.06. The monoisotopic (exact) mass is 428 g/mol. The zero-order chi connectivity index (χ0) is 17.8. The fourth-order valence-electron chi connectivity index (χ4n) is 3.09. The number of hydroxylamine groups is 1. The van der Waals surface area contributed by atoms with Crippen LogP contribution in [0.1, 0.15) is 17.2 Å². The predicted octanol–water partition coefficient (Wildman–Crippen LogP) is 4.28. The minimum atomic E-state index is 0.215. The molecule has 0 aliphatic carbocycles. The van der Waals surface area contributed by atoms with E-state index >= 15 is 0 Å². The molecule has 4 heteroatoms.